The van der Waals surface area contributed by atoms with Gasteiger partial charge in [-0.1, -0.05) is 14.9 Å². The van der Waals surface area contributed by atoms with Crippen LogP contribution in [0.5, 0.6) is 0 Å². The Kier molecular flexibility index (Phi) is 29.1. The fourth-order valence-electron chi connectivity index (χ4n) is 0. The molecule has 11 heteroatoms. The van der Waals surface area contributed by atoms with Gasteiger partial charge in [0.1, 0.15) is 0 Å². The molecular weight excluding hydrogens is 285 g/mol. The fraction of sp³-hybridized carbons (Fsp3) is 1.00. The second-order valence-corrected chi connectivity index (χ2v) is 6.02. The van der Waals surface area contributed by atoms with E-state index in [1.165, 1.54) is 0 Å². The van der Waals surface area contributed by atoms with Crippen molar-refractivity contribution >= 4 is 37.1 Å². The molecule has 82 valence electrons. The summed E-state index contributed by atoms with van der Waals surface area (Å²) in [6.07, 6.45) is 0. The summed E-state index contributed by atoms with van der Waals surface area (Å²) in [5.74, 6) is 0. The molecule has 0 saturated carbocycles. The summed E-state index contributed by atoms with van der Waals surface area (Å²) >= 11 is 7.21. The molecule has 0 heterocycles. The zero-order chi connectivity index (χ0) is 9.00. The van der Waals surface area contributed by atoms with E-state index in [0.717, 1.165) is 0 Å². The van der Waals surface area contributed by atoms with E-state index in [4.69, 9.17) is 29.4 Å². The van der Waals surface area contributed by atoms with Crippen LogP contribution in [-0.4, -0.2) is 29.4 Å². The van der Waals surface area contributed by atoms with Gasteiger partial charge in [0.15, 0.2) is 0 Å². The average Bonchev–Trinajstić information content (AvgIpc) is 1.12. The molecule has 0 aliphatic heterocycles. The molecule has 6 N–H and O–H groups in total. The van der Waals surface area contributed by atoms with Gasteiger partial charge in [-0.2, -0.15) is 0 Å². The third-order valence-electron chi connectivity index (χ3n) is 0. The quantitative estimate of drug-likeness (QED) is 0.204. The van der Waals surface area contributed by atoms with Crippen molar-refractivity contribution in [3.05, 3.63) is 0 Å². The fourth-order valence-corrected chi connectivity index (χ4v) is 0. The summed E-state index contributed by atoms with van der Waals surface area (Å²) in [4.78, 5) is 45.3. The molecule has 0 radical (unpaired) electrons. The molecule has 0 aromatic heterocycles. The van der Waals surface area contributed by atoms with Crippen LogP contribution in [0.25, 0.3) is 0 Å². The van der Waals surface area contributed by atoms with E-state index in [1.807, 2.05) is 0 Å². The third kappa shape index (κ3) is 326. The van der Waals surface area contributed by atoms with Gasteiger partial charge in [0.2, 0.25) is 0 Å². The van der Waals surface area contributed by atoms with Crippen molar-refractivity contribution in [2.45, 2.75) is 14.9 Å². The van der Waals surface area contributed by atoms with Crippen LogP contribution in [0, 0.1) is 0 Å². The van der Waals surface area contributed by atoms with E-state index >= 15 is 0 Å². The zero-order valence-electron chi connectivity index (χ0n) is 6.39. The van der Waals surface area contributed by atoms with Crippen LogP contribution in [0.2, 0.25) is 0 Å². The van der Waals surface area contributed by atoms with Crippen molar-refractivity contribution in [3.63, 3.8) is 0 Å². The molecule has 13 heavy (non-hydrogen) atoms. The summed E-state index contributed by atoms with van der Waals surface area (Å²) < 4.78 is 0. The summed E-state index contributed by atoms with van der Waals surface area (Å²) in [6, 6.07) is 0. The molecular formula is C2H15KO6P2S2. The van der Waals surface area contributed by atoms with Gasteiger partial charge in [0, 0.05) is 0 Å². The van der Waals surface area contributed by atoms with Crippen LogP contribution in [-0.2, 0) is 23.6 Å². The maximum Gasteiger partial charge on any atom is 1.00 e. The molecule has 0 aliphatic carbocycles. The Labute approximate surface area is 132 Å². The number of hydrogen-bond donors (Lipinski definition) is 6. The minimum absolute atomic E-state index is 0. The van der Waals surface area contributed by atoms with E-state index in [2.05, 4.69) is 23.6 Å². The first-order chi connectivity index (χ1) is 4.00. The predicted octanol–water partition coefficient (Wildman–Crippen LogP) is -3.24. The van der Waals surface area contributed by atoms with Crippen LogP contribution in [0.15, 0.2) is 0 Å². The van der Waals surface area contributed by atoms with Gasteiger partial charge in [-0.15, -0.1) is 0 Å². The topological polar surface area (TPSA) is 121 Å². The third-order valence-corrected chi connectivity index (χ3v) is 0. The second kappa shape index (κ2) is 12.8. The van der Waals surface area contributed by atoms with Crippen LogP contribution >= 0.6 is 13.4 Å². The maximum atomic E-state index is 7.56. The summed E-state index contributed by atoms with van der Waals surface area (Å²) in [5, 5.41) is 0. The molecule has 0 saturated heterocycles. The summed E-state index contributed by atoms with van der Waals surface area (Å²) in [6.45, 7) is -7.61. The van der Waals surface area contributed by atoms with Gasteiger partial charge in [-0.3, -0.25) is 0 Å². The summed E-state index contributed by atoms with van der Waals surface area (Å²) in [5.41, 5.74) is 0. The van der Waals surface area contributed by atoms with Gasteiger partial charge in [0.05, 0.1) is 0 Å². The van der Waals surface area contributed by atoms with Gasteiger partial charge in [0.25, 0.3) is 0 Å². The molecule has 0 aromatic carbocycles. The average molecular weight is 300 g/mol. The molecule has 0 bridgehead atoms. The first-order valence-electron chi connectivity index (χ1n) is 1.57. The molecule has 0 rings (SSSR count). The molecule has 0 aliphatic rings. The van der Waals surface area contributed by atoms with Gasteiger partial charge >= 0.3 is 64.8 Å². The van der Waals surface area contributed by atoms with Crippen molar-refractivity contribution < 1.29 is 82.2 Å². The Morgan fingerprint density at radius 3 is 0.692 bits per heavy atom. The van der Waals surface area contributed by atoms with E-state index in [1.54, 1.807) is 0 Å². The van der Waals surface area contributed by atoms with Crippen LogP contribution in [0.1, 0.15) is 16.3 Å². The van der Waals surface area contributed by atoms with Gasteiger partial charge in [-0.25, -0.2) is 0 Å². The SMILES string of the molecule is C.C.OP(O)(O)=S.OP(O)(O)=S.[H-].[K+]. The molecule has 0 atom stereocenters. The van der Waals surface area contributed by atoms with Crippen molar-refractivity contribution in [2.24, 2.45) is 0 Å². The minimum atomic E-state index is -3.81. The first-order valence-corrected chi connectivity index (χ1v) is 6.89. The first kappa shape index (κ1) is 29.6. The molecule has 0 amide bonds. The Bertz CT molecular complexity index is 144. The maximum absolute atomic E-state index is 7.56. The Hall–Kier alpha value is 2.70. The smallest absolute Gasteiger partial charge is 1.00 e. The zero-order valence-corrected chi connectivity index (χ0v) is 11.9. The van der Waals surface area contributed by atoms with Crippen LogP contribution in [0.3, 0.4) is 0 Å². The number of hydrogen-bond acceptors (Lipinski definition) is 2. The second-order valence-electron chi connectivity index (χ2n) is 1.03. The van der Waals surface area contributed by atoms with E-state index in [-0.39, 0.29) is 67.7 Å². The van der Waals surface area contributed by atoms with Crippen molar-refractivity contribution in [1.29, 1.82) is 0 Å². The van der Waals surface area contributed by atoms with Crippen LogP contribution < -0.4 is 51.4 Å². The van der Waals surface area contributed by atoms with Gasteiger partial charge in [-0.05, 0) is 23.6 Å². The molecule has 0 spiro atoms. The van der Waals surface area contributed by atoms with Crippen molar-refractivity contribution in [1.82, 2.24) is 0 Å². The summed E-state index contributed by atoms with van der Waals surface area (Å²) in [7, 11) is 0. The normalized spacial score (nSPS) is 9.08. The Morgan fingerprint density at radius 2 is 0.692 bits per heavy atom. The van der Waals surface area contributed by atoms with Crippen molar-refractivity contribution in [3.8, 4) is 0 Å². The largest absolute Gasteiger partial charge is 1.00 e. The minimum Gasteiger partial charge on any atom is -1.00 e. The Morgan fingerprint density at radius 1 is 0.692 bits per heavy atom. The molecule has 6 nitrogen and oxygen atoms in total. The van der Waals surface area contributed by atoms with E-state index in [0.29, 0.717) is 0 Å². The van der Waals surface area contributed by atoms with E-state index < -0.39 is 13.4 Å². The molecule has 0 fully saturated rings. The monoisotopic (exact) mass is 300 g/mol. The van der Waals surface area contributed by atoms with Crippen molar-refractivity contribution in [2.75, 3.05) is 0 Å². The van der Waals surface area contributed by atoms with Crippen LogP contribution in [0.4, 0.5) is 0 Å². The predicted molar refractivity (Wildman–Crippen MR) is 56.5 cm³/mol. The van der Waals surface area contributed by atoms with Gasteiger partial charge < -0.3 is 30.8 Å². The molecule has 0 aromatic rings. The van der Waals surface area contributed by atoms with E-state index in [9.17, 15) is 0 Å². The molecule has 0 unspecified atom stereocenters. The Balaban J connectivity index is -0.0000000178. The standard InChI is InChI=1S/2CH4.K.2H3O3PS.H/c;;;2*1-4(2,3)5;/h2*1H4;;2*(H3,1,2,3,5);/q;;+1;;;-1. The number of rotatable bonds is 0.